The van der Waals surface area contributed by atoms with Crippen molar-refractivity contribution in [3.8, 4) is 0 Å². The predicted molar refractivity (Wildman–Crippen MR) is 56.3 cm³/mol. The largest absolute Gasteiger partial charge is 0.394 e. The van der Waals surface area contributed by atoms with Crippen LogP contribution in [0.15, 0.2) is 24.5 Å². The first-order valence-electron chi connectivity index (χ1n) is 5.19. The summed E-state index contributed by atoms with van der Waals surface area (Å²) in [4.78, 5) is 6.37. The quantitative estimate of drug-likeness (QED) is 0.770. The van der Waals surface area contributed by atoms with Gasteiger partial charge in [0.1, 0.15) is 0 Å². The third kappa shape index (κ3) is 1.87. The van der Waals surface area contributed by atoms with E-state index in [1.54, 1.807) is 6.20 Å². The van der Waals surface area contributed by atoms with E-state index in [4.69, 9.17) is 0 Å². The van der Waals surface area contributed by atoms with E-state index in [0.717, 1.165) is 18.7 Å². The van der Waals surface area contributed by atoms with Crippen LogP contribution >= 0.6 is 0 Å². The van der Waals surface area contributed by atoms with Crippen molar-refractivity contribution in [2.75, 3.05) is 18.1 Å². The molecule has 3 heteroatoms. The Morgan fingerprint density at radius 2 is 2.43 bits per heavy atom. The lowest BCUT2D eigenvalue weighted by molar-refractivity contribution is 0.240. The molecular formula is C11H16N2O. The Labute approximate surface area is 84.4 Å². The molecular weight excluding hydrogens is 176 g/mol. The number of rotatable bonds is 2. The minimum atomic E-state index is 0.245. The lowest BCUT2D eigenvalue weighted by Gasteiger charge is -2.36. The molecule has 1 aromatic heterocycles. The Bertz CT molecular complexity index is 276. The van der Waals surface area contributed by atoms with Gasteiger partial charge in [0, 0.05) is 12.7 Å². The summed E-state index contributed by atoms with van der Waals surface area (Å²) in [6, 6.07) is 4.28. The molecule has 0 radical (unpaired) electrons. The van der Waals surface area contributed by atoms with Gasteiger partial charge in [0.15, 0.2) is 0 Å². The Morgan fingerprint density at radius 1 is 1.50 bits per heavy atom. The lowest BCUT2D eigenvalue weighted by Crippen LogP contribution is -2.41. The average molecular weight is 192 g/mol. The highest BCUT2D eigenvalue weighted by molar-refractivity contribution is 5.45. The summed E-state index contributed by atoms with van der Waals surface area (Å²) in [5, 5.41) is 9.26. The maximum Gasteiger partial charge on any atom is 0.0635 e. The minimum absolute atomic E-state index is 0.245. The van der Waals surface area contributed by atoms with Crippen LogP contribution in [0.3, 0.4) is 0 Å². The van der Waals surface area contributed by atoms with Gasteiger partial charge in [-0.2, -0.15) is 0 Å². The number of hydrogen-bond donors (Lipinski definition) is 1. The maximum atomic E-state index is 9.26. The Kier molecular flexibility index (Phi) is 2.99. The topological polar surface area (TPSA) is 36.4 Å². The molecule has 1 N–H and O–H groups in total. The fraction of sp³-hybridized carbons (Fsp3) is 0.545. The molecule has 1 aliphatic rings. The van der Waals surface area contributed by atoms with E-state index in [0.29, 0.717) is 0 Å². The van der Waals surface area contributed by atoms with Crippen LogP contribution < -0.4 is 4.90 Å². The third-order valence-corrected chi connectivity index (χ3v) is 2.82. The van der Waals surface area contributed by atoms with Crippen molar-refractivity contribution in [2.45, 2.75) is 25.3 Å². The van der Waals surface area contributed by atoms with Crippen molar-refractivity contribution >= 4 is 5.69 Å². The van der Waals surface area contributed by atoms with Crippen molar-refractivity contribution in [1.82, 2.24) is 4.98 Å². The number of piperidine rings is 1. The first-order valence-corrected chi connectivity index (χ1v) is 5.19. The van der Waals surface area contributed by atoms with Gasteiger partial charge in [0.2, 0.25) is 0 Å². The summed E-state index contributed by atoms with van der Waals surface area (Å²) in [5.74, 6) is 0. The van der Waals surface area contributed by atoms with E-state index in [-0.39, 0.29) is 12.6 Å². The highest BCUT2D eigenvalue weighted by Gasteiger charge is 2.21. The normalized spacial score (nSPS) is 22.4. The molecule has 0 spiro atoms. The van der Waals surface area contributed by atoms with Gasteiger partial charge in [-0.05, 0) is 31.4 Å². The summed E-state index contributed by atoms with van der Waals surface area (Å²) in [5.41, 5.74) is 1.13. The zero-order chi connectivity index (χ0) is 9.80. The minimum Gasteiger partial charge on any atom is -0.394 e. The molecule has 76 valence electrons. The van der Waals surface area contributed by atoms with Crippen LogP contribution in [0.1, 0.15) is 19.3 Å². The van der Waals surface area contributed by atoms with E-state index < -0.39 is 0 Å². The molecule has 2 rings (SSSR count). The van der Waals surface area contributed by atoms with Gasteiger partial charge in [0.25, 0.3) is 0 Å². The van der Waals surface area contributed by atoms with Gasteiger partial charge in [-0.1, -0.05) is 0 Å². The molecule has 3 nitrogen and oxygen atoms in total. The highest BCUT2D eigenvalue weighted by atomic mass is 16.3. The summed E-state index contributed by atoms with van der Waals surface area (Å²) < 4.78 is 0. The Balaban J connectivity index is 2.15. The number of aliphatic hydroxyl groups is 1. The number of anilines is 1. The number of hydrogen-bond acceptors (Lipinski definition) is 3. The molecule has 0 amide bonds. The third-order valence-electron chi connectivity index (χ3n) is 2.82. The molecule has 0 bridgehead atoms. The summed E-state index contributed by atoms with van der Waals surface area (Å²) in [7, 11) is 0. The lowest BCUT2D eigenvalue weighted by atomic mass is 10.0. The van der Waals surface area contributed by atoms with E-state index in [2.05, 4.69) is 16.0 Å². The average Bonchev–Trinajstić information content (AvgIpc) is 2.30. The van der Waals surface area contributed by atoms with Crippen molar-refractivity contribution in [1.29, 1.82) is 0 Å². The van der Waals surface area contributed by atoms with Crippen molar-refractivity contribution in [3.63, 3.8) is 0 Å². The zero-order valence-electron chi connectivity index (χ0n) is 8.26. The smallest absolute Gasteiger partial charge is 0.0635 e. The monoisotopic (exact) mass is 192 g/mol. The second kappa shape index (κ2) is 4.42. The molecule has 1 saturated heterocycles. The molecule has 14 heavy (non-hydrogen) atoms. The first-order chi connectivity index (χ1) is 6.92. The van der Waals surface area contributed by atoms with Gasteiger partial charge in [0.05, 0.1) is 24.5 Å². The summed E-state index contributed by atoms with van der Waals surface area (Å²) in [6.45, 7) is 1.28. The van der Waals surface area contributed by atoms with Crippen LogP contribution in [-0.2, 0) is 0 Å². The molecule has 1 aliphatic heterocycles. The summed E-state index contributed by atoms with van der Waals surface area (Å²) >= 11 is 0. The van der Waals surface area contributed by atoms with Crippen LogP contribution in [0.5, 0.6) is 0 Å². The SMILES string of the molecule is OC[C@H]1CCCCN1c1cccnc1. The molecule has 1 fully saturated rings. The van der Waals surface area contributed by atoms with Crippen LogP contribution in [-0.4, -0.2) is 29.3 Å². The predicted octanol–water partition coefficient (Wildman–Crippen LogP) is 1.43. The number of aromatic nitrogens is 1. The van der Waals surface area contributed by atoms with Crippen LogP contribution in [0.25, 0.3) is 0 Å². The zero-order valence-corrected chi connectivity index (χ0v) is 8.26. The van der Waals surface area contributed by atoms with Crippen molar-refractivity contribution in [2.24, 2.45) is 0 Å². The molecule has 0 aliphatic carbocycles. The van der Waals surface area contributed by atoms with E-state index in [1.165, 1.54) is 12.8 Å². The molecule has 0 aromatic carbocycles. The van der Waals surface area contributed by atoms with Crippen LogP contribution in [0, 0.1) is 0 Å². The van der Waals surface area contributed by atoms with E-state index in [9.17, 15) is 5.11 Å². The first kappa shape index (κ1) is 9.46. The van der Waals surface area contributed by atoms with Gasteiger partial charge in [-0.15, -0.1) is 0 Å². The van der Waals surface area contributed by atoms with Crippen molar-refractivity contribution < 1.29 is 5.11 Å². The molecule has 1 aromatic rings. The fourth-order valence-corrected chi connectivity index (χ4v) is 2.05. The van der Waals surface area contributed by atoms with E-state index >= 15 is 0 Å². The summed E-state index contributed by atoms with van der Waals surface area (Å²) in [6.07, 6.45) is 7.17. The van der Waals surface area contributed by atoms with Gasteiger partial charge in [-0.3, -0.25) is 4.98 Å². The number of nitrogens with zero attached hydrogens (tertiary/aromatic N) is 2. The Morgan fingerprint density at radius 3 is 3.14 bits per heavy atom. The fourth-order valence-electron chi connectivity index (χ4n) is 2.05. The standard InChI is InChI=1S/C11H16N2O/c14-9-11-4-1-2-7-13(11)10-5-3-6-12-8-10/h3,5-6,8,11,14H,1-2,4,7,9H2/t11-/m1/s1. The van der Waals surface area contributed by atoms with Gasteiger partial charge < -0.3 is 10.0 Å². The van der Waals surface area contributed by atoms with Crippen molar-refractivity contribution in [3.05, 3.63) is 24.5 Å². The molecule has 1 atom stereocenters. The number of aliphatic hydroxyl groups excluding tert-OH is 1. The second-order valence-corrected chi connectivity index (χ2v) is 3.74. The van der Waals surface area contributed by atoms with Gasteiger partial charge in [-0.25, -0.2) is 0 Å². The molecule has 2 heterocycles. The van der Waals surface area contributed by atoms with Crippen LogP contribution in [0.4, 0.5) is 5.69 Å². The van der Waals surface area contributed by atoms with E-state index in [1.807, 2.05) is 12.3 Å². The van der Waals surface area contributed by atoms with Crippen LogP contribution in [0.2, 0.25) is 0 Å². The maximum absolute atomic E-state index is 9.26. The molecule has 0 unspecified atom stereocenters. The highest BCUT2D eigenvalue weighted by Crippen LogP contribution is 2.23. The van der Waals surface area contributed by atoms with Gasteiger partial charge >= 0.3 is 0 Å². The second-order valence-electron chi connectivity index (χ2n) is 3.74. The number of pyridine rings is 1. The molecule has 0 saturated carbocycles. The Hall–Kier alpha value is -1.09.